The van der Waals surface area contributed by atoms with Gasteiger partial charge >= 0.3 is 0 Å². The van der Waals surface area contributed by atoms with Gasteiger partial charge in [-0.3, -0.25) is 9.59 Å². The number of likely N-dealkylation sites (tertiary alicyclic amines) is 1. The Morgan fingerprint density at radius 2 is 2.11 bits per heavy atom. The topological polar surface area (TPSA) is 89.4 Å². The predicted molar refractivity (Wildman–Crippen MR) is 68.6 cm³/mol. The zero-order valence-corrected chi connectivity index (χ0v) is 10.2. The van der Waals surface area contributed by atoms with Crippen molar-refractivity contribution >= 4 is 17.5 Å². The lowest BCUT2D eigenvalue weighted by Gasteiger charge is -2.27. The van der Waals surface area contributed by atoms with Crippen molar-refractivity contribution in [1.29, 1.82) is 0 Å². The second-order valence-corrected chi connectivity index (χ2v) is 4.55. The van der Waals surface area contributed by atoms with E-state index in [-0.39, 0.29) is 5.91 Å². The van der Waals surface area contributed by atoms with Gasteiger partial charge in [0.2, 0.25) is 11.8 Å². The highest BCUT2D eigenvalue weighted by atomic mass is 16.2. The molecule has 4 N–H and O–H groups in total. The van der Waals surface area contributed by atoms with E-state index in [9.17, 15) is 9.59 Å². The number of primary amides is 1. The summed E-state index contributed by atoms with van der Waals surface area (Å²) in [5.74, 6) is -0.332. The van der Waals surface area contributed by atoms with Crippen LogP contribution in [-0.4, -0.2) is 23.3 Å². The number of hydrogen-bond donors (Lipinski definition) is 2. The lowest BCUT2D eigenvalue weighted by atomic mass is 10.1. The number of nitrogen functional groups attached to an aromatic ring is 1. The summed E-state index contributed by atoms with van der Waals surface area (Å²) in [6.07, 6.45) is 2.61. The molecule has 0 spiro atoms. The molecule has 0 bridgehead atoms. The molecule has 0 unspecified atom stereocenters. The lowest BCUT2D eigenvalue weighted by Crippen LogP contribution is -2.34. The van der Waals surface area contributed by atoms with Crippen LogP contribution in [0.5, 0.6) is 0 Å². The number of benzene rings is 1. The van der Waals surface area contributed by atoms with E-state index in [0.29, 0.717) is 24.2 Å². The fourth-order valence-corrected chi connectivity index (χ4v) is 2.13. The van der Waals surface area contributed by atoms with Gasteiger partial charge in [-0.05, 0) is 30.5 Å². The highest BCUT2D eigenvalue weighted by Gasteiger charge is 2.18. The first-order chi connectivity index (χ1) is 8.58. The molecule has 1 aromatic rings. The normalized spacial score (nSPS) is 15.8. The van der Waals surface area contributed by atoms with Gasteiger partial charge in [0.25, 0.3) is 0 Å². The summed E-state index contributed by atoms with van der Waals surface area (Å²) >= 11 is 0. The molecule has 2 rings (SSSR count). The summed E-state index contributed by atoms with van der Waals surface area (Å²) < 4.78 is 0. The van der Waals surface area contributed by atoms with Crippen molar-refractivity contribution < 1.29 is 9.59 Å². The second-order valence-electron chi connectivity index (χ2n) is 4.55. The Balaban J connectivity index is 2.14. The van der Waals surface area contributed by atoms with Crippen LogP contribution in [0.2, 0.25) is 0 Å². The third-order valence-electron chi connectivity index (χ3n) is 3.21. The Bertz CT molecular complexity index is 485. The van der Waals surface area contributed by atoms with E-state index in [2.05, 4.69) is 0 Å². The average Bonchev–Trinajstić information content (AvgIpc) is 2.34. The van der Waals surface area contributed by atoms with Crippen LogP contribution < -0.4 is 11.5 Å². The molecule has 1 saturated heterocycles. The fourth-order valence-electron chi connectivity index (χ4n) is 2.13. The molecule has 0 aromatic heterocycles. The molecule has 1 aliphatic rings. The average molecular weight is 247 g/mol. The summed E-state index contributed by atoms with van der Waals surface area (Å²) in [5.41, 5.74) is 12.8. The Labute approximate surface area is 106 Å². The minimum atomic E-state index is -0.498. The minimum Gasteiger partial charge on any atom is -0.398 e. The SMILES string of the molecule is NC(=O)c1ccc(CN2CCCCC2=O)c(N)c1. The molecule has 96 valence electrons. The molecule has 0 saturated carbocycles. The first-order valence-corrected chi connectivity index (χ1v) is 6.04. The summed E-state index contributed by atoms with van der Waals surface area (Å²) in [6, 6.07) is 4.96. The molecule has 1 fully saturated rings. The van der Waals surface area contributed by atoms with Gasteiger partial charge in [-0.2, -0.15) is 0 Å². The quantitative estimate of drug-likeness (QED) is 0.777. The number of anilines is 1. The Kier molecular flexibility index (Phi) is 3.50. The van der Waals surface area contributed by atoms with Crippen LogP contribution in [0.3, 0.4) is 0 Å². The van der Waals surface area contributed by atoms with E-state index in [0.717, 1.165) is 24.9 Å². The number of nitrogens with two attached hydrogens (primary N) is 2. The molecule has 2 amide bonds. The monoisotopic (exact) mass is 247 g/mol. The van der Waals surface area contributed by atoms with Gasteiger partial charge in [0.1, 0.15) is 0 Å². The van der Waals surface area contributed by atoms with Gasteiger partial charge in [-0.15, -0.1) is 0 Å². The van der Waals surface area contributed by atoms with Crippen molar-refractivity contribution in [2.75, 3.05) is 12.3 Å². The summed E-state index contributed by atoms with van der Waals surface area (Å²) in [4.78, 5) is 24.5. The predicted octanol–water partition coefficient (Wildman–Crippen LogP) is 0.880. The Morgan fingerprint density at radius 1 is 1.33 bits per heavy atom. The third kappa shape index (κ3) is 2.61. The maximum absolute atomic E-state index is 11.7. The van der Waals surface area contributed by atoms with E-state index in [1.54, 1.807) is 23.1 Å². The van der Waals surface area contributed by atoms with Crippen LogP contribution in [0, 0.1) is 0 Å². The van der Waals surface area contributed by atoms with E-state index >= 15 is 0 Å². The van der Waals surface area contributed by atoms with Crippen LogP contribution in [0.4, 0.5) is 5.69 Å². The molecule has 0 radical (unpaired) electrons. The van der Waals surface area contributed by atoms with Gasteiger partial charge in [-0.25, -0.2) is 0 Å². The molecule has 18 heavy (non-hydrogen) atoms. The van der Waals surface area contributed by atoms with Crippen molar-refractivity contribution in [2.45, 2.75) is 25.8 Å². The number of piperidine rings is 1. The number of carbonyl (C=O) groups is 2. The number of hydrogen-bond acceptors (Lipinski definition) is 3. The van der Waals surface area contributed by atoms with Crippen molar-refractivity contribution in [3.8, 4) is 0 Å². The second kappa shape index (κ2) is 5.08. The molecular weight excluding hydrogens is 230 g/mol. The van der Waals surface area contributed by atoms with E-state index < -0.39 is 5.91 Å². The molecule has 0 aliphatic carbocycles. The van der Waals surface area contributed by atoms with Crippen molar-refractivity contribution in [2.24, 2.45) is 5.73 Å². The molecule has 5 heteroatoms. The molecule has 0 atom stereocenters. The molecule has 1 heterocycles. The standard InChI is InChI=1S/C13H17N3O2/c14-11-7-9(13(15)18)4-5-10(11)8-16-6-2-1-3-12(16)17/h4-5,7H,1-3,6,8,14H2,(H2,15,18). The molecule has 5 nitrogen and oxygen atoms in total. The minimum absolute atomic E-state index is 0.166. The number of nitrogens with zero attached hydrogens (tertiary/aromatic N) is 1. The maximum atomic E-state index is 11.7. The molecule has 1 aliphatic heterocycles. The van der Waals surface area contributed by atoms with E-state index in [1.165, 1.54) is 0 Å². The fraction of sp³-hybridized carbons (Fsp3) is 0.385. The number of amides is 2. The van der Waals surface area contributed by atoms with Gasteiger partial charge < -0.3 is 16.4 Å². The van der Waals surface area contributed by atoms with Crippen molar-refractivity contribution in [3.63, 3.8) is 0 Å². The van der Waals surface area contributed by atoms with Crippen LogP contribution >= 0.6 is 0 Å². The van der Waals surface area contributed by atoms with Gasteiger partial charge in [0.15, 0.2) is 0 Å². The largest absolute Gasteiger partial charge is 0.398 e. The smallest absolute Gasteiger partial charge is 0.248 e. The van der Waals surface area contributed by atoms with Crippen LogP contribution in [0.15, 0.2) is 18.2 Å². The first kappa shape index (κ1) is 12.4. The van der Waals surface area contributed by atoms with Crippen LogP contribution in [0.1, 0.15) is 35.2 Å². The number of carbonyl (C=O) groups excluding carboxylic acids is 2. The van der Waals surface area contributed by atoms with Crippen LogP contribution in [0.25, 0.3) is 0 Å². The maximum Gasteiger partial charge on any atom is 0.248 e. The highest BCUT2D eigenvalue weighted by Crippen LogP contribution is 2.19. The highest BCUT2D eigenvalue weighted by molar-refractivity contribution is 5.93. The third-order valence-corrected chi connectivity index (χ3v) is 3.21. The van der Waals surface area contributed by atoms with E-state index in [1.807, 2.05) is 0 Å². The summed E-state index contributed by atoms with van der Waals surface area (Å²) in [6.45, 7) is 1.28. The Hall–Kier alpha value is -2.04. The Morgan fingerprint density at radius 3 is 2.72 bits per heavy atom. The van der Waals surface area contributed by atoms with Crippen LogP contribution in [-0.2, 0) is 11.3 Å². The summed E-state index contributed by atoms with van der Waals surface area (Å²) in [5, 5.41) is 0. The molecular formula is C13H17N3O2. The first-order valence-electron chi connectivity index (χ1n) is 6.04. The van der Waals surface area contributed by atoms with E-state index in [4.69, 9.17) is 11.5 Å². The van der Waals surface area contributed by atoms with Gasteiger partial charge in [0, 0.05) is 30.8 Å². The molecule has 1 aromatic carbocycles. The zero-order chi connectivity index (χ0) is 13.1. The lowest BCUT2D eigenvalue weighted by molar-refractivity contribution is -0.133. The zero-order valence-electron chi connectivity index (χ0n) is 10.2. The summed E-state index contributed by atoms with van der Waals surface area (Å²) in [7, 11) is 0. The van der Waals surface area contributed by atoms with Gasteiger partial charge in [-0.1, -0.05) is 6.07 Å². The van der Waals surface area contributed by atoms with Gasteiger partial charge in [0.05, 0.1) is 0 Å². The van der Waals surface area contributed by atoms with Crippen molar-refractivity contribution in [1.82, 2.24) is 4.90 Å². The van der Waals surface area contributed by atoms with Crippen molar-refractivity contribution in [3.05, 3.63) is 29.3 Å². The number of rotatable bonds is 3.